The second kappa shape index (κ2) is 7.42. The number of piperidine rings is 1. The first-order valence-electron chi connectivity index (χ1n) is 9.85. The van der Waals surface area contributed by atoms with Gasteiger partial charge >= 0.3 is 11.7 Å². The van der Waals surface area contributed by atoms with Crippen LogP contribution in [0.3, 0.4) is 0 Å². The zero-order chi connectivity index (χ0) is 21.0. The van der Waals surface area contributed by atoms with Crippen LogP contribution in [0.5, 0.6) is 0 Å². The van der Waals surface area contributed by atoms with Crippen molar-refractivity contribution in [3.05, 3.63) is 62.2 Å². The number of benzene rings is 2. The van der Waals surface area contributed by atoms with Crippen molar-refractivity contribution >= 4 is 50.3 Å². The molecular weight excluding hydrogens is 475 g/mol. The van der Waals surface area contributed by atoms with Gasteiger partial charge in [0.15, 0.2) is 0 Å². The highest BCUT2D eigenvalue weighted by atomic mass is 79.9. The van der Waals surface area contributed by atoms with Gasteiger partial charge in [-0.05, 0) is 71.9 Å². The van der Waals surface area contributed by atoms with E-state index in [1.807, 2.05) is 27.7 Å². The minimum absolute atomic E-state index is 0.0182. The molecule has 2 aromatic carbocycles. The number of halogens is 3. The molecule has 5 rings (SSSR count). The lowest BCUT2D eigenvalue weighted by Gasteiger charge is -2.39. The van der Waals surface area contributed by atoms with E-state index < -0.39 is 5.82 Å². The molecule has 9 heteroatoms. The fourth-order valence-corrected chi connectivity index (χ4v) is 5.50. The van der Waals surface area contributed by atoms with Crippen molar-refractivity contribution in [2.75, 3.05) is 5.32 Å². The first-order valence-corrected chi connectivity index (χ1v) is 11.0. The number of fused-ring (bicyclic) bond motifs is 3. The maximum atomic E-state index is 13.7. The van der Waals surface area contributed by atoms with Gasteiger partial charge in [0.25, 0.3) is 0 Å². The van der Waals surface area contributed by atoms with Gasteiger partial charge in [-0.3, -0.25) is 4.57 Å². The lowest BCUT2D eigenvalue weighted by Crippen LogP contribution is -2.49. The second-order valence-corrected chi connectivity index (χ2v) is 9.17. The molecule has 0 saturated carbocycles. The minimum atomic E-state index is -0.569. The van der Waals surface area contributed by atoms with Gasteiger partial charge in [0.2, 0.25) is 0 Å². The maximum Gasteiger partial charge on any atom is 0.326 e. The van der Waals surface area contributed by atoms with Gasteiger partial charge in [0.1, 0.15) is 5.82 Å². The number of hydrogen-bond acceptors (Lipinski definition) is 2. The molecule has 2 bridgehead atoms. The molecule has 2 N–H and O–H groups in total. The third-order valence-corrected chi connectivity index (χ3v) is 7.15. The molecule has 2 unspecified atom stereocenters. The number of carbonyl (C=O) groups excluding carboxylic acids is 1. The van der Waals surface area contributed by atoms with Crippen molar-refractivity contribution in [2.45, 2.75) is 43.8 Å². The Morgan fingerprint density at radius 1 is 1.17 bits per heavy atom. The number of hydrogen-bond donors (Lipinski definition) is 2. The average molecular weight is 494 g/mol. The smallest absolute Gasteiger partial charge is 0.318 e. The van der Waals surface area contributed by atoms with Crippen LogP contribution >= 0.6 is 27.5 Å². The summed E-state index contributed by atoms with van der Waals surface area (Å²) in [6, 6.07) is 9.84. The fraction of sp³-hybridized carbons (Fsp3) is 0.333. The zero-order valence-corrected chi connectivity index (χ0v) is 18.2. The van der Waals surface area contributed by atoms with Crippen molar-refractivity contribution < 1.29 is 9.18 Å². The Kier molecular flexibility index (Phi) is 4.86. The van der Waals surface area contributed by atoms with Crippen LogP contribution in [0.25, 0.3) is 11.0 Å². The molecule has 2 saturated heterocycles. The number of para-hydroxylation sites is 1. The van der Waals surface area contributed by atoms with Gasteiger partial charge in [0.05, 0.1) is 16.1 Å². The van der Waals surface area contributed by atoms with Crippen molar-refractivity contribution in [2.24, 2.45) is 0 Å². The standard InChI is InChI=1S/C21H19BrClFN4O2/c22-15-2-1-3-18-19(15)26-21(30)28(18)14-9-12-5-6-13(10-14)27(12)20(29)25-11-4-7-16(23)17(24)8-11/h1-4,7-8,12-14H,5-6,9-10H2,(H,25,29)(H,26,30). The summed E-state index contributed by atoms with van der Waals surface area (Å²) in [5.41, 5.74) is 1.91. The predicted molar refractivity (Wildman–Crippen MR) is 118 cm³/mol. The first kappa shape index (κ1) is 19.6. The van der Waals surface area contributed by atoms with Gasteiger partial charge in [-0.15, -0.1) is 0 Å². The van der Waals surface area contributed by atoms with E-state index in [4.69, 9.17) is 11.6 Å². The fourth-order valence-electron chi connectivity index (χ4n) is 4.93. The van der Waals surface area contributed by atoms with E-state index in [1.54, 1.807) is 6.07 Å². The van der Waals surface area contributed by atoms with E-state index in [0.29, 0.717) is 18.5 Å². The molecule has 6 nitrogen and oxygen atoms in total. The van der Waals surface area contributed by atoms with Crippen LogP contribution in [0.4, 0.5) is 14.9 Å². The number of anilines is 1. The molecule has 0 spiro atoms. The Morgan fingerprint density at radius 3 is 2.60 bits per heavy atom. The predicted octanol–water partition coefficient (Wildman–Crippen LogP) is 5.28. The third-order valence-electron chi connectivity index (χ3n) is 6.18. The third kappa shape index (κ3) is 3.22. The van der Waals surface area contributed by atoms with Crippen LogP contribution < -0.4 is 11.0 Å². The van der Waals surface area contributed by atoms with Crippen LogP contribution in [-0.2, 0) is 0 Å². The number of imidazole rings is 1. The summed E-state index contributed by atoms with van der Waals surface area (Å²) in [6.07, 6.45) is 3.20. The number of H-pyrrole nitrogens is 1. The Labute approximate surface area is 185 Å². The second-order valence-electron chi connectivity index (χ2n) is 7.91. The van der Waals surface area contributed by atoms with Crippen molar-refractivity contribution in [1.29, 1.82) is 0 Å². The maximum absolute atomic E-state index is 13.7. The number of rotatable bonds is 2. The van der Waals surface area contributed by atoms with Gasteiger partial charge in [-0.1, -0.05) is 17.7 Å². The van der Waals surface area contributed by atoms with E-state index in [-0.39, 0.29) is 34.9 Å². The Hall–Kier alpha value is -2.32. The van der Waals surface area contributed by atoms with Gasteiger partial charge < -0.3 is 15.2 Å². The number of aromatic nitrogens is 2. The normalized spacial score (nSPS) is 23.2. The molecule has 0 aliphatic carbocycles. The SMILES string of the molecule is O=C(Nc1ccc(Cl)c(F)c1)N1C2CCC1CC(n1c(=O)[nH]c3c(Br)cccc31)C2. The van der Waals surface area contributed by atoms with Crippen LogP contribution in [0.1, 0.15) is 31.7 Å². The summed E-state index contributed by atoms with van der Waals surface area (Å²) in [4.78, 5) is 30.4. The minimum Gasteiger partial charge on any atom is -0.318 e. The molecule has 3 aromatic rings. The van der Waals surface area contributed by atoms with Crippen LogP contribution in [0.15, 0.2) is 45.7 Å². The van der Waals surface area contributed by atoms with E-state index >= 15 is 0 Å². The van der Waals surface area contributed by atoms with E-state index in [2.05, 4.69) is 26.2 Å². The summed E-state index contributed by atoms with van der Waals surface area (Å²) in [5.74, 6) is -0.569. The number of amides is 2. The topological polar surface area (TPSA) is 70.1 Å². The molecule has 3 heterocycles. The summed E-state index contributed by atoms with van der Waals surface area (Å²) >= 11 is 9.21. The molecule has 156 valence electrons. The van der Waals surface area contributed by atoms with Gasteiger partial charge in [-0.25, -0.2) is 14.0 Å². The summed E-state index contributed by atoms with van der Waals surface area (Å²) in [6.45, 7) is 0. The van der Waals surface area contributed by atoms with Crippen molar-refractivity contribution in [3.8, 4) is 0 Å². The molecule has 2 aliphatic rings. The molecule has 1 aromatic heterocycles. The quantitative estimate of drug-likeness (QED) is 0.510. The first-order chi connectivity index (χ1) is 14.4. The average Bonchev–Trinajstić information content (AvgIpc) is 3.19. The van der Waals surface area contributed by atoms with Crippen LogP contribution in [0.2, 0.25) is 5.02 Å². The molecule has 2 fully saturated rings. The zero-order valence-electron chi connectivity index (χ0n) is 15.9. The number of nitrogens with zero attached hydrogens (tertiary/aromatic N) is 2. The molecular formula is C21H19BrClFN4O2. The van der Waals surface area contributed by atoms with Crippen LogP contribution in [-0.4, -0.2) is 32.6 Å². The largest absolute Gasteiger partial charge is 0.326 e. The van der Waals surface area contributed by atoms with E-state index in [9.17, 15) is 14.0 Å². The summed E-state index contributed by atoms with van der Waals surface area (Å²) in [5, 5.41) is 2.80. The molecule has 0 radical (unpaired) electrons. The number of aromatic amines is 1. The summed E-state index contributed by atoms with van der Waals surface area (Å²) in [7, 11) is 0. The molecule has 2 atom stereocenters. The van der Waals surface area contributed by atoms with Crippen LogP contribution in [0, 0.1) is 5.82 Å². The monoisotopic (exact) mass is 492 g/mol. The highest BCUT2D eigenvalue weighted by Gasteiger charge is 2.44. The van der Waals surface area contributed by atoms with Gasteiger partial charge in [-0.2, -0.15) is 0 Å². The van der Waals surface area contributed by atoms with Crippen molar-refractivity contribution in [1.82, 2.24) is 14.5 Å². The lowest BCUT2D eigenvalue weighted by molar-refractivity contribution is 0.134. The molecule has 30 heavy (non-hydrogen) atoms. The number of carbonyl (C=O) groups is 1. The molecule has 2 amide bonds. The number of urea groups is 1. The van der Waals surface area contributed by atoms with Crippen molar-refractivity contribution in [3.63, 3.8) is 0 Å². The highest BCUT2D eigenvalue weighted by Crippen LogP contribution is 2.41. The number of nitrogens with one attached hydrogen (secondary N) is 2. The van der Waals surface area contributed by atoms with Gasteiger partial charge in [0, 0.05) is 28.3 Å². The van der Waals surface area contributed by atoms with E-state index in [0.717, 1.165) is 28.3 Å². The van der Waals surface area contributed by atoms with E-state index in [1.165, 1.54) is 12.1 Å². The highest BCUT2D eigenvalue weighted by molar-refractivity contribution is 9.10. The Morgan fingerprint density at radius 2 is 1.90 bits per heavy atom. The Balaban J connectivity index is 1.38. The molecule has 2 aliphatic heterocycles. The lowest BCUT2D eigenvalue weighted by atomic mass is 9.97. The summed E-state index contributed by atoms with van der Waals surface area (Å²) < 4.78 is 16.4. The Bertz CT molecular complexity index is 1200.